The summed E-state index contributed by atoms with van der Waals surface area (Å²) in [6, 6.07) is 11.7. The maximum absolute atomic E-state index is 12.7. The maximum Gasteiger partial charge on any atom is 0.305 e. The van der Waals surface area contributed by atoms with E-state index in [-0.39, 0.29) is 10.6 Å². The van der Waals surface area contributed by atoms with Gasteiger partial charge in [-0.3, -0.25) is 4.79 Å². The Labute approximate surface area is 152 Å². The van der Waals surface area contributed by atoms with E-state index in [0.717, 1.165) is 32.8 Å². The van der Waals surface area contributed by atoms with Crippen LogP contribution in [0.5, 0.6) is 5.95 Å². The number of carbonyl (C=O) groups is 1. The van der Waals surface area contributed by atoms with E-state index in [0.29, 0.717) is 15.9 Å². The van der Waals surface area contributed by atoms with Gasteiger partial charge in [0.1, 0.15) is 9.71 Å². The molecule has 4 aromatic rings. The summed E-state index contributed by atoms with van der Waals surface area (Å²) in [4.78, 5) is 18.2. The van der Waals surface area contributed by atoms with Crippen molar-refractivity contribution in [2.24, 2.45) is 7.05 Å². The molecule has 3 aromatic heterocycles. The predicted molar refractivity (Wildman–Crippen MR) is 94.8 cm³/mol. The lowest BCUT2D eigenvalue weighted by atomic mass is 10.1. The summed E-state index contributed by atoms with van der Waals surface area (Å²) in [5, 5.41) is 15.9. The molecular weight excluding hydrogens is 352 g/mol. The molecular formula is C18H14N4O3S. The molecule has 0 aliphatic rings. The first-order valence-electron chi connectivity index (χ1n) is 7.79. The van der Waals surface area contributed by atoms with Crippen molar-refractivity contribution in [2.45, 2.75) is 6.92 Å². The minimum atomic E-state index is -0.789. The summed E-state index contributed by atoms with van der Waals surface area (Å²) in [5.41, 5.74) is 9.21. The minimum absolute atomic E-state index is 0.165. The minimum Gasteiger partial charge on any atom is -0.539 e. The fourth-order valence-electron chi connectivity index (χ4n) is 2.71. The predicted octanol–water partition coefficient (Wildman–Crippen LogP) is 1.97. The monoisotopic (exact) mass is 366 g/mol. The van der Waals surface area contributed by atoms with E-state index in [9.17, 15) is 9.90 Å². The lowest BCUT2D eigenvalue weighted by Gasteiger charge is -2.01. The number of nitrogen functional groups attached to an aromatic ring is 1. The third-order valence-corrected chi connectivity index (χ3v) is 5.24. The number of ketones is 1. The third kappa shape index (κ3) is 2.51. The van der Waals surface area contributed by atoms with Crippen molar-refractivity contribution < 1.29 is 19.1 Å². The molecule has 26 heavy (non-hydrogen) atoms. The number of pyridine rings is 1. The van der Waals surface area contributed by atoms with E-state index in [1.807, 2.05) is 43.3 Å². The highest BCUT2D eigenvalue weighted by Gasteiger charge is 2.28. The number of hydrogen-bond donors (Lipinski definition) is 1. The molecule has 0 aliphatic heterocycles. The average molecular weight is 366 g/mol. The van der Waals surface area contributed by atoms with E-state index in [1.54, 1.807) is 0 Å². The summed E-state index contributed by atoms with van der Waals surface area (Å²) in [5.74, 6) is -1.31. The van der Waals surface area contributed by atoms with Gasteiger partial charge in [-0.25, -0.2) is 4.98 Å². The zero-order valence-corrected chi connectivity index (χ0v) is 14.8. The summed E-state index contributed by atoms with van der Waals surface area (Å²) in [6.07, 6.45) is 0. The van der Waals surface area contributed by atoms with Gasteiger partial charge >= 0.3 is 5.69 Å². The molecule has 0 bridgehead atoms. The Balaban J connectivity index is 1.82. The lowest BCUT2D eigenvalue weighted by Crippen LogP contribution is -2.37. The molecule has 130 valence electrons. The first-order chi connectivity index (χ1) is 12.5. The molecule has 0 amide bonds. The number of aryl methyl sites for hydroxylation is 2. The second-order valence-corrected chi connectivity index (χ2v) is 6.92. The molecule has 0 spiro atoms. The van der Waals surface area contributed by atoms with E-state index >= 15 is 0 Å². The van der Waals surface area contributed by atoms with Gasteiger partial charge < -0.3 is 15.4 Å². The molecule has 0 fully saturated rings. The molecule has 4 rings (SSSR count). The van der Waals surface area contributed by atoms with Crippen molar-refractivity contribution in [3.8, 4) is 17.2 Å². The molecule has 0 saturated heterocycles. The van der Waals surface area contributed by atoms with Gasteiger partial charge in [0.2, 0.25) is 0 Å². The van der Waals surface area contributed by atoms with Crippen LogP contribution >= 0.6 is 11.3 Å². The third-order valence-electron chi connectivity index (χ3n) is 4.13. The first-order valence-corrected chi connectivity index (χ1v) is 8.61. The van der Waals surface area contributed by atoms with Crippen LogP contribution in [0.4, 0.5) is 5.69 Å². The zero-order valence-electron chi connectivity index (χ0n) is 14.0. The molecule has 8 heteroatoms. The SMILES string of the molecule is Cc1ccc(-c2ccc3c(N)c(C(=O)c4c([O-])on[n+]4C)sc3n2)cc1. The number of rotatable bonds is 3. The smallest absolute Gasteiger partial charge is 0.305 e. The van der Waals surface area contributed by atoms with Gasteiger partial charge in [-0.05, 0) is 19.1 Å². The molecule has 0 atom stereocenters. The van der Waals surface area contributed by atoms with Crippen molar-refractivity contribution in [1.82, 2.24) is 10.3 Å². The Morgan fingerprint density at radius 1 is 1.23 bits per heavy atom. The first kappa shape index (κ1) is 16.2. The second-order valence-electron chi connectivity index (χ2n) is 5.92. The maximum atomic E-state index is 12.7. The highest BCUT2D eigenvalue weighted by molar-refractivity contribution is 7.21. The number of hydrogen-bond acceptors (Lipinski definition) is 7. The Hall–Kier alpha value is -3.26. The number of fused-ring (bicyclic) bond motifs is 1. The van der Waals surface area contributed by atoms with Gasteiger partial charge in [-0.2, -0.15) is 0 Å². The van der Waals surface area contributed by atoms with Crippen LogP contribution in [0.3, 0.4) is 0 Å². The Morgan fingerprint density at radius 2 is 1.96 bits per heavy atom. The van der Waals surface area contributed by atoms with Crippen LogP contribution in [0, 0.1) is 6.92 Å². The quantitative estimate of drug-likeness (QED) is 0.439. The zero-order chi connectivity index (χ0) is 18.4. The van der Waals surface area contributed by atoms with E-state index in [1.165, 1.54) is 7.05 Å². The standard InChI is InChI=1S/C18H14N4O3S/c1-9-3-5-10(6-4-9)12-8-7-11-13(19)16(26-17(11)20-12)15(23)14-18(24)25-21-22(14)2/h3-8H,1-2H3,(H2-,19,21,23,24). The van der Waals surface area contributed by atoms with Gasteiger partial charge in [0, 0.05) is 10.9 Å². The van der Waals surface area contributed by atoms with Gasteiger partial charge in [-0.15, -0.1) is 11.3 Å². The molecule has 0 unspecified atom stereocenters. The molecule has 0 saturated carbocycles. The number of nitrogens with zero attached hydrogens (tertiary/aromatic N) is 3. The largest absolute Gasteiger partial charge is 0.539 e. The van der Waals surface area contributed by atoms with Crippen LogP contribution in [0.25, 0.3) is 21.5 Å². The Morgan fingerprint density at radius 3 is 2.62 bits per heavy atom. The fraction of sp³-hybridized carbons (Fsp3) is 0.111. The van der Waals surface area contributed by atoms with Crippen LogP contribution in [-0.2, 0) is 7.05 Å². The summed E-state index contributed by atoms with van der Waals surface area (Å²) in [7, 11) is 1.47. The van der Waals surface area contributed by atoms with Crippen LogP contribution in [0.1, 0.15) is 20.9 Å². The molecule has 3 heterocycles. The van der Waals surface area contributed by atoms with E-state index < -0.39 is 11.7 Å². The Kier molecular flexibility index (Phi) is 3.69. The molecule has 0 radical (unpaired) electrons. The summed E-state index contributed by atoms with van der Waals surface area (Å²) < 4.78 is 5.63. The molecule has 1 aromatic carbocycles. The lowest BCUT2D eigenvalue weighted by molar-refractivity contribution is -0.741. The molecule has 7 nitrogen and oxygen atoms in total. The van der Waals surface area contributed by atoms with E-state index in [2.05, 4.69) is 14.8 Å². The van der Waals surface area contributed by atoms with Crippen LogP contribution < -0.4 is 15.5 Å². The van der Waals surface area contributed by atoms with Gasteiger partial charge in [0.15, 0.2) is 13.0 Å². The van der Waals surface area contributed by atoms with E-state index in [4.69, 9.17) is 5.73 Å². The van der Waals surface area contributed by atoms with Crippen LogP contribution in [0.15, 0.2) is 40.9 Å². The fourth-order valence-corrected chi connectivity index (χ4v) is 3.75. The summed E-state index contributed by atoms with van der Waals surface area (Å²) >= 11 is 1.15. The number of benzene rings is 1. The van der Waals surface area contributed by atoms with Gasteiger partial charge in [-0.1, -0.05) is 34.5 Å². The molecule has 2 N–H and O–H groups in total. The summed E-state index contributed by atoms with van der Waals surface area (Å²) in [6.45, 7) is 2.02. The van der Waals surface area contributed by atoms with Crippen molar-refractivity contribution >= 4 is 33.0 Å². The number of carbonyl (C=O) groups excluding carboxylic acids is 1. The second kappa shape index (κ2) is 5.92. The van der Waals surface area contributed by atoms with Crippen LogP contribution in [0.2, 0.25) is 0 Å². The van der Waals surface area contributed by atoms with Crippen molar-refractivity contribution in [3.63, 3.8) is 0 Å². The highest BCUT2D eigenvalue weighted by atomic mass is 32.1. The highest BCUT2D eigenvalue weighted by Crippen LogP contribution is 2.35. The Bertz CT molecular complexity index is 1130. The van der Waals surface area contributed by atoms with Gasteiger partial charge in [0.25, 0.3) is 5.78 Å². The average Bonchev–Trinajstić information content (AvgIpc) is 3.14. The molecule has 0 aliphatic carbocycles. The number of nitrogens with two attached hydrogens (primary N) is 1. The number of thiophene rings is 1. The van der Waals surface area contributed by atoms with Crippen molar-refractivity contribution in [1.29, 1.82) is 0 Å². The number of anilines is 1. The normalized spacial score (nSPS) is 11.2. The number of aromatic nitrogens is 3. The van der Waals surface area contributed by atoms with Crippen molar-refractivity contribution in [2.75, 3.05) is 5.73 Å². The topological polar surface area (TPSA) is 109 Å². The van der Waals surface area contributed by atoms with Gasteiger partial charge in [0.05, 0.1) is 16.7 Å². The van der Waals surface area contributed by atoms with Crippen molar-refractivity contribution in [3.05, 3.63) is 52.5 Å². The van der Waals surface area contributed by atoms with Crippen LogP contribution in [-0.4, -0.2) is 16.0 Å².